The fourth-order valence-electron chi connectivity index (χ4n) is 2.73. The van der Waals surface area contributed by atoms with Crippen LogP contribution in [0.15, 0.2) is 84.9 Å². The molecule has 3 heteroatoms. The largest absolute Gasteiger partial charge is 0.325 e. The van der Waals surface area contributed by atoms with Gasteiger partial charge in [-0.05, 0) is 43.7 Å². The van der Waals surface area contributed by atoms with Gasteiger partial charge in [-0.2, -0.15) is 0 Å². The van der Waals surface area contributed by atoms with E-state index >= 15 is 0 Å². The monoisotopic (exact) mass is 343 g/mol. The highest BCUT2D eigenvalue weighted by Gasteiger charge is 2.29. The average molecular weight is 343 g/mol. The molecule has 0 spiro atoms. The Morgan fingerprint density at radius 1 is 0.692 bits per heavy atom. The van der Waals surface area contributed by atoms with Crippen LogP contribution >= 0.6 is 0 Å². The molecular formula is C23H21NO2. The lowest BCUT2D eigenvalue weighted by Gasteiger charge is -2.24. The summed E-state index contributed by atoms with van der Waals surface area (Å²) in [6.07, 6.45) is 0. The normalized spacial score (nSPS) is 11.0. The van der Waals surface area contributed by atoms with Crippen molar-refractivity contribution in [3.05, 3.63) is 102 Å². The first-order valence-corrected chi connectivity index (χ1v) is 8.55. The lowest BCUT2D eigenvalue weighted by atomic mass is 9.83. The minimum Gasteiger partial charge on any atom is -0.325 e. The van der Waals surface area contributed by atoms with Gasteiger partial charge >= 0.3 is 0 Å². The quantitative estimate of drug-likeness (QED) is 0.674. The molecule has 130 valence electrons. The summed E-state index contributed by atoms with van der Waals surface area (Å²) < 4.78 is 0. The maximum absolute atomic E-state index is 12.7. The molecule has 0 heterocycles. The van der Waals surface area contributed by atoms with Gasteiger partial charge in [0.25, 0.3) is 0 Å². The highest BCUT2D eigenvalue weighted by atomic mass is 16.2. The van der Waals surface area contributed by atoms with Gasteiger partial charge in [-0.1, -0.05) is 60.7 Å². The van der Waals surface area contributed by atoms with E-state index in [1.165, 1.54) is 0 Å². The Labute approximate surface area is 153 Å². The molecule has 0 atom stereocenters. The number of amides is 1. The van der Waals surface area contributed by atoms with Crippen LogP contribution in [-0.2, 0) is 10.2 Å². The first-order chi connectivity index (χ1) is 12.5. The Hall–Kier alpha value is -3.20. The van der Waals surface area contributed by atoms with E-state index < -0.39 is 5.41 Å². The van der Waals surface area contributed by atoms with Crippen molar-refractivity contribution in [2.45, 2.75) is 19.3 Å². The Morgan fingerprint density at radius 2 is 1.19 bits per heavy atom. The van der Waals surface area contributed by atoms with Crippen molar-refractivity contribution in [3.8, 4) is 0 Å². The zero-order valence-corrected chi connectivity index (χ0v) is 14.9. The number of anilines is 1. The van der Waals surface area contributed by atoms with Gasteiger partial charge < -0.3 is 5.32 Å². The number of carbonyl (C=O) groups excluding carboxylic acids is 2. The van der Waals surface area contributed by atoms with Gasteiger partial charge in [0.2, 0.25) is 5.91 Å². The number of hydrogen-bond acceptors (Lipinski definition) is 2. The van der Waals surface area contributed by atoms with Crippen LogP contribution < -0.4 is 5.32 Å². The molecule has 1 amide bonds. The molecule has 0 fully saturated rings. The van der Waals surface area contributed by atoms with Crippen LogP contribution in [0.2, 0.25) is 0 Å². The first kappa shape index (κ1) is 17.6. The third kappa shape index (κ3) is 3.72. The number of benzene rings is 3. The predicted molar refractivity (Wildman–Crippen MR) is 104 cm³/mol. The molecule has 0 radical (unpaired) electrons. The molecule has 0 aliphatic carbocycles. The van der Waals surface area contributed by atoms with E-state index in [0.717, 1.165) is 5.56 Å². The summed E-state index contributed by atoms with van der Waals surface area (Å²) in [5.74, 6) is -0.126. The molecule has 0 saturated heterocycles. The molecule has 0 aromatic heterocycles. The Bertz CT molecular complexity index is 898. The third-order valence-corrected chi connectivity index (χ3v) is 4.50. The SMILES string of the molecule is CC(C)(C(=O)Nc1ccc(C(=O)c2ccccc2)cc1)c1ccccc1. The molecule has 0 aliphatic rings. The molecule has 0 saturated carbocycles. The third-order valence-electron chi connectivity index (χ3n) is 4.50. The average Bonchev–Trinajstić information content (AvgIpc) is 2.69. The summed E-state index contributed by atoms with van der Waals surface area (Å²) in [6.45, 7) is 3.79. The van der Waals surface area contributed by atoms with Crippen molar-refractivity contribution in [3.63, 3.8) is 0 Å². The highest BCUT2D eigenvalue weighted by molar-refractivity contribution is 6.09. The van der Waals surface area contributed by atoms with Gasteiger partial charge in [0, 0.05) is 16.8 Å². The molecular weight excluding hydrogens is 322 g/mol. The van der Waals surface area contributed by atoms with Crippen molar-refractivity contribution in [1.29, 1.82) is 0 Å². The van der Waals surface area contributed by atoms with Crippen LogP contribution in [0.3, 0.4) is 0 Å². The molecule has 26 heavy (non-hydrogen) atoms. The van der Waals surface area contributed by atoms with Crippen molar-refractivity contribution >= 4 is 17.4 Å². The summed E-state index contributed by atoms with van der Waals surface area (Å²) in [7, 11) is 0. The summed E-state index contributed by atoms with van der Waals surface area (Å²) in [6, 6.07) is 25.8. The Morgan fingerprint density at radius 3 is 1.77 bits per heavy atom. The van der Waals surface area contributed by atoms with Crippen LogP contribution in [0.1, 0.15) is 35.3 Å². The minimum atomic E-state index is -0.653. The van der Waals surface area contributed by atoms with Crippen LogP contribution in [0.25, 0.3) is 0 Å². The van der Waals surface area contributed by atoms with Gasteiger partial charge in [0.05, 0.1) is 5.41 Å². The van der Waals surface area contributed by atoms with E-state index in [1.54, 1.807) is 36.4 Å². The van der Waals surface area contributed by atoms with Crippen molar-refractivity contribution in [2.24, 2.45) is 0 Å². The second-order valence-electron chi connectivity index (χ2n) is 6.72. The smallest absolute Gasteiger partial charge is 0.234 e. The van der Waals surface area contributed by atoms with Gasteiger partial charge in [0.1, 0.15) is 0 Å². The zero-order chi connectivity index (χ0) is 18.6. The number of carbonyl (C=O) groups is 2. The van der Waals surface area contributed by atoms with E-state index in [2.05, 4.69) is 5.32 Å². The second-order valence-corrected chi connectivity index (χ2v) is 6.72. The van der Waals surface area contributed by atoms with E-state index in [4.69, 9.17) is 0 Å². The first-order valence-electron chi connectivity index (χ1n) is 8.55. The summed E-state index contributed by atoms with van der Waals surface area (Å²) in [5.41, 5.74) is 2.21. The Kier molecular flexibility index (Phi) is 4.99. The second kappa shape index (κ2) is 7.36. The van der Waals surface area contributed by atoms with Gasteiger partial charge in [-0.25, -0.2) is 0 Å². The van der Waals surface area contributed by atoms with Crippen molar-refractivity contribution < 1.29 is 9.59 Å². The highest BCUT2D eigenvalue weighted by Crippen LogP contribution is 2.25. The maximum atomic E-state index is 12.7. The summed E-state index contributed by atoms with van der Waals surface area (Å²) in [5, 5.41) is 2.94. The minimum absolute atomic E-state index is 0.0342. The van der Waals surface area contributed by atoms with Crippen LogP contribution in [-0.4, -0.2) is 11.7 Å². The fraction of sp³-hybridized carbons (Fsp3) is 0.130. The number of ketones is 1. The van der Waals surface area contributed by atoms with Crippen LogP contribution in [0, 0.1) is 0 Å². The van der Waals surface area contributed by atoms with Crippen LogP contribution in [0.5, 0.6) is 0 Å². The van der Waals surface area contributed by atoms with E-state index in [9.17, 15) is 9.59 Å². The topological polar surface area (TPSA) is 46.2 Å². The summed E-state index contributed by atoms with van der Waals surface area (Å²) >= 11 is 0. The molecule has 3 rings (SSSR count). The Balaban J connectivity index is 1.73. The molecule has 3 aromatic carbocycles. The molecule has 3 nitrogen and oxygen atoms in total. The van der Waals surface area contributed by atoms with Gasteiger partial charge in [-0.3, -0.25) is 9.59 Å². The number of nitrogens with one attached hydrogen (secondary N) is 1. The lowest BCUT2D eigenvalue weighted by molar-refractivity contribution is -0.120. The molecule has 3 aromatic rings. The number of rotatable bonds is 5. The molecule has 1 N–H and O–H groups in total. The van der Waals surface area contributed by atoms with Crippen molar-refractivity contribution in [2.75, 3.05) is 5.32 Å². The molecule has 0 bridgehead atoms. The van der Waals surface area contributed by atoms with Crippen molar-refractivity contribution in [1.82, 2.24) is 0 Å². The van der Waals surface area contributed by atoms with Gasteiger partial charge in [0.15, 0.2) is 5.78 Å². The summed E-state index contributed by atoms with van der Waals surface area (Å²) in [4.78, 5) is 25.1. The lowest BCUT2D eigenvalue weighted by Crippen LogP contribution is -2.34. The van der Waals surface area contributed by atoms with Crippen LogP contribution in [0.4, 0.5) is 5.69 Å². The molecule has 0 aliphatic heterocycles. The fourth-order valence-corrected chi connectivity index (χ4v) is 2.73. The zero-order valence-electron chi connectivity index (χ0n) is 14.9. The van der Waals surface area contributed by atoms with Gasteiger partial charge in [-0.15, -0.1) is 0 Å². The predicted octanol–water partition coefficient (Wildman–Crippen LogP) is 4.83. The maximum Gasteiger partial charge on any atom is 0.234 e. The van der Waals surface area contributed by atoms with E-state index in [0.29, 0.717) is 16.8 Å². The van der Waals surface area contributed by atoms with E-state index in [1.807, 2.05) is 62.4 Å². The standard InChI is InChI=1S/C23H21NO2/c1-23(2,19-11-7-4-8-12-19)22(26)24-20-15-13-18(14-16-20)21(25)17-9-5-3-6-10-17/h3-16H,1-2H3,(H,24,26). The molecule has 0 unspecified atom stereocenters. The van der Waals surface area contributed by atoms with E-state index in [-0.39, 0.29) is 11.7 Å². The number of hydrogen-bond donors (Lipinski definition) is 1.